The predicted octanol–water partition coefficient (Wildman–Crippen LogP) is 2.14. The lowest BCUT2D eigenvalue weighted by atomic mass is 9.88. The third kappa shape index (κ3) is 4.00. The van der Waals surface area contributed by atoms with E-state index in [2.05, 4.69) is 29.1 Å². The van der Waals surface area contributed by atoms with E-state index in [1.807, 2.05) is 18.2 Å². The molecule has 0 spiro atoms. The Morgan fingerprint density at radius 2 is 1.93 bits per heavy atom. The molecule has 0 saturated carbocycles. The molecule has 1 saturated heterocycles. The van der Waals surface area contributed by atoms with Crippen molar-refractivity contribution in [3.63, 3.8) is 0 Å². The second-order valence-corrected chi connectivity index (χ2v) is 10.8. The number of benzene rings is 1. The fourth-order valence-electron chi connectivity index (χ4n) is 6.33. The van der Waals surface area contributed by atoms with Crippen LogP contribution in [0, 0.1) is 0 Å². The van der Waals surface area contributed by atoms with Crippen molar-refractivity contribution in [1.82, 2.24) is 24.7 Å². The summed E-state index contributed by atoms with van der Waals surface area (Å²) >= 11 is 0. The van der Waals surface area contributed by atoms with Crippen molar-refractivity contribution in [3.05, 3.63) is 56.9 Å². The summed E-state index contributed by atoms with van der Waals surface area (Å²) in [5.74, 6) is -0.405. The van der Waals surface area contributed by atoms with E-state index in [1.165, 1.54) is 0 Å². The molecule has 1 fully saturated rings. The molecule has 0 bridgehead atoms. The van der Waals surface area contributed by atoms with Gasteiger partial charge in [0.1, 0.15) is 11.3 Å². The number of cyclic esters (lactones) is 1. The highest BCUT2D eigenvalue weighted by atomic mass is 16.6. The van der Waals surface area contributed by atoms with Crippen molar-refractivity contribution in [2.24, 2.45) is 0 Å². The highest BCUT2D eigenvalue weighted by molar-refractivity contribution is 6.02. The maximum absolute atomic E-state index is 13.8. The zero-order valence-corrected chi connectivity index (χ0v) is 23.5. The van der Waals surface area contributed by atoms with Gasteiger partial charge >= 0.3 is 5.97 Å². The number of methoxy groups -OCH3 is 1. The molecule has 1 N–H and O–H groups in total. The van der Waals surface area contributed by atoms with E-state index < -0.39 is 23.0 Å². The molecule has 1 aromatic carbocycles. The van der Waals surface area contributed by atoms with Crippen molar-refractivity contribution in [2.75, 3.05) is 53.4 Å². The summed E-state index contributed by atoms with van der Waals surface area (Å²) in [6, 6.07) is 7.53. The van der Waals surface area contributed by atoms with Gasteiger partial charge in [0.2, 0.25) is 5.60 Å². The minimum Gasteiger partial charge on any atom is -0.497 e. The number of likely N-dealkylation sites (N-methyl/N-ethyl adjacent to an activating group) is 1. The van der Waals surface area contributed by atoms with Crippen LogP contribution in [0.3, 0.4) is 0 Å². The van der Waals surface area contributed by atoms with E-state index in [-0.39, 0.29) is 12.0 Å². The molecule has 3 aliphatic heterocycles. The van der Waals surface area contributed by atoms with Crippen LogP contribution in [0.5, 0.6) is 5.75 Å². The summed E-state index contributed by atoms with van der Waals surface area (Å²) in [6.45, 7) is 9.20. The number of esters is 1. The number of amides is 1. The average Bonchev–Trinajstić information content (AvgIpc) is 3.48. The monoisotopic (exact) mass is 545 g/mol. The first-order chi connectivity index (χ1) is 19.3. The molecular formula is C30H35N5O5. The molecule has 10 heteroatoms. The smallest absolute Gasteiger partial charge is 0.345 e. The number of pyridine rings is 2. The number of nitrogens with one attached hydrogen (secondary N) is 1. The predicted molar refractivity (Wildman–Crippen MR) is 151 cm³/mol. The van der Waals surface area contributed by atoms with Crippen molar-refractivity contribution >= 4 is 22.8 Å². The molecule has 210 valence electrons. The first-order valence-corrected chi connectivity index (χ1v) is 14.0. The van der Waals surface area contributed by atoms with E-state index >= 15 is 0 Å². The number of nitrogens with zero attached hydrogens (tertiary/aromatic N) is 4. The number of fused-ring (bicyclic) bond motifs is 5. The lowest BCUT2D eigenvalue weighted by Crippen LogP contribution is -2.49. The second-order valence-electron chi connectivity index (χ2n) is 10.8. The molecule has 5 heterocycles. The number of hydrogen-bond acceptors (Lipinski definition) is 8. The maximum Gasteiger partial charge on any atom is 0.345 e. The summed E-state index contributed by atoms with van der Waals surface area (Å²) in [7, 11) is 3.73. The van der Waals surface area contributed by atoms with Crippen molar-refractivity contribution in [1.29, 1.82) is 0 Å². The van der Waals surface area contributed by atoms with Crippen molar-refractivity contribution < 1.29 is 19.1 Å². The van der Waals surface area contributed by atoms with Gasteiger partial charge in [-0.3, -0.25) is 14.5 Å². The Kier molecular flexibility index (Phi) is 6.62. The Hall–Kier alpha value is -3.76. The largest absolute Gasteiger partial charge is 0.497 e. The summed E-state index contributed by atoms with van der Waals surface area (Å²) in [5.41, 5.74) is 2.43. The van der Waals surface area contributed by atoms with Gasteiger partial charge in [-0.15, -0.1) is 0 Å². The lowest BCUT2D eigenvalue weighted by Gasteiger charge is -2.32. The van der Waals surface area contributed by atoms with Gasteiger partial charge in [0.15, 0.2) is 0 Å². The normalized spacial score (nSPS) is 20.2. The summed E-state index contributed by atoms with van der Waals surface area (Å²) in [4.78, 5) is 50.1. The Balaban J connectivity index is 1.38. The van der Waals surface area contributed by atoms with Crippen molar-refractivity contribution in [2.45, 2.75) is 38.8 Å². The highest BCUT2D eigenvalue weighted by Crippen LogP contribution is 2.43. The van der Waals surface area contributed by atoms with Crippen LogP contribution in [-0.2, 0) is 28.1 Å². The van der Waals surface area contributed by atoms with E-state index in [0.717, 1.165) is 60.4 Å². The summed E-state index contributed by atoms with van der Waals surface area (Å²) in [6.07, 6.45) is 0.959. The molecule has 1 atom stereocenters. The van der Waals surface area contributed by atoms with Gasteiger partial charge in [0, 0.05) is 55.8 Å². The first kappa shape index (κ1) is 26.5. The number of carbonyl (C=O) groups is 2. The average molecular weight is 546 g/mol. The molecule has 2 aromatic heterocycles. The fourth-order valence-corrected chi connectivity index (χ4v) is 6.33. The fraction of sp³-hybridized carbons (Fsp3) is 0.467. The van der Waals surface area contributed by atoms with Crippen LogP contribution in [0.1, 0.15) is 47.3 Å². The Morgan fingerprint density at radius 3 is 2.62 bits per heavy atom. The van der Waals surface area contributed by atoms with Gasteiger partial charge in [-0.1, -0.05) is 13.8 Å². The lowest BCUT2D eigenvalue weighted by molar-refractivity contribution is -0.140. The van der Waals surface area contributed by atoms with Crippen LogP contribution >= 0.6 is 0 Å². The molecule has 6 rings (SSSR count). The molecule has 0 aliphatic carbocycles. The standard InChI is InChI=1S/C30H35N5O5/c1-5-19-20-15-18(39-4)7-8-23(20)32-26-21(19)17-35-24(26)16-22-25(27(35)36)28(37)40-30(22,6-2)29(38)31-9-10-34-13-11-33(3)12-14-34/h7-8,15-16H,5-6,9-14,17H2,1-4H3,(H,31,38)/t30-/m1/s1. The minimum atomic E-state index is -1.55. The molecule has 10 nitrogen and oxygen atoms in total. The van der Waals surface area contributed by atoms with Gasteiger partial charge in [-0.05, 0) is 49.7 Å². The molecule has 3 aliphatic rings. The van der Waals surface area contributed by atoms with Crippen LogP contribution in [0.2, 0.25) is 0 Å². The minimum absolute atomic E-state index is 0.0584. The van der Waals surface area contributed by atoms with Gasteiger partial charge in [0.05, 0.1) is 30.6 Å². The van der Waals surface area contributed by atoms with E-state index in [4.69, 9.17) is 14.5 Å². The molecule has 1 amide bonds. The molecule has 0 unspecified atom stereocenters. The molecule has 0 radical (unpaired) electrons. The quantitative estimate of drug-likeness (QED) is 0.352. The SMILES string of the molecule is CCc1c2c(nc3ccc(OC)cc13)-c1cc3c(c(=O)n1C2)C(=O)O[C@@]3(CC)C(=O)NCCN1CCN(C)CC1. The summed E-state index contributed by atoms with van der Waals surface area (Å²) < 4.78 is 12.8. The van der Waals surface area contributed by atoms with Crippen LogP contribution in [0.4, 0.5) is 0 Å². The number of ether oxygens (including phenoxy) is 2. The third-order valence-corrected chi connectivity index (χ3v) is 8.70. The second kappa shape index (κ2) is 10.0. The molecule has 3 aromatic rings. The zero-order valence-electron chi connectivity index (χ0n) is 23.5. The molecule has 40 heavy (non-hydrogen) atoms. The summed E-state index contributed by atoms with van der Waals surface area (Å²) in [5, 5.41) is 3.97. The van der Waals surface area contributed by atoms with Crippen LogP contribution in [-0.4, -0.2) is 84.7 Å². The first-order valence-electron chi connectivity index (χ1n) is 14.0. The van der Waals surface area contributed by atoms with E-state index in [1.54, 1.807) is 24.7 Å². The van der Waals surface area contributed by atoms with E-state index in [9.17, 15) is 14.4 Å². The number of piperazine rings is 1. The van der Waals surface area contributed by atoms with Crippen molar-refractivity contribution in [3.8, 4) is 17.1 Å². The van der Waals surface area contributed by atoms with Gasteiger partial charge in [-0.2, -0.15) is 0 Å². The molecular weight excluding hydrogens is 510 g/mol. The Bertz CT molecular complexity index is 1590. The number of aromatic nitrogens is 2. The van der Waals surface area contributed by atoms with Crippen LogP contribution in [0.25, 0.3) is 22.3 Å². The maximum atomic E-state index is 13.8. The van der Waals surface area contributed by atoms with Crippen LogP contribution < -0.4 is 15.6 Å². The Labute approximate surface area is 232 Å². The van der Waals surface area contributed by atoms with Gasteiger partial charge in [0.25, 0.3) is 11.5 Å². The highest BCUT2D eigenvalue weighted by Gasteiger charge is 2.52. The Morgan fingerprint density at radius 1 is 1.15 bits per heavy atom. The van der Waals surface area contributed by atoms with Gasteiger partial charge < -0.3 is 24.3 Å². The van der Waals surface area contributed by atoms with Crippen LogP contribution in [0.15, 0.2) is 29.1 Å². The topological polar surface area (TPSA) is 106 Å². The number of rotatable bonds is 7. The van der Waals surface area contributed by atoms with E-state index in [0.29, 0.717) is 36.6 Å². The zero-order chi connectivity index (χ0) is 28.2. The number of carbonyl (C=O) groups excluding carboxylic acids is 2. The third-order valence-electron chi connectivity index (χ3n) is 8.70. The van der Waals surface area contributed by atoms with Gasteiger partial charge in [-0.25, -0.2) is 9.78 Å². The number of hydrogen-bond donors (Lipinski definition) is 1. The number of aryl methyl sites for hydroxylation is 1.